The van der Waals surface area contributed by atoms with E-state index in [1.165, 1.54) is 0 Å². The molecular weight excluding hydrogens is 270 g/mol. The van der Waals surface area contributed by atoms with Crippen molar-refractivity contribution >= 4 is 34.4 Å². The minimum atomic E-state index is -0.0406. The number of nitrogens with zero attached hydrogens (tertiary/aromatic N) is 1. The molecule has 0 radical (unpaired) electrons. The van der Waals surface area contributed by atoms with Gasteiger partial charge in [-0.1, -0.05) is 18.2 Å². The zero-order valence-corrected chi connectivity index (χ0v) is 12.6. The van der Waals surface area contributed by atoms with Crippen LogP contribution in [0.5, 0.6) is 0 Å². The maximum Gasteiger partial charge on any atom is 0.252 e. The molecule has 0 bridgehead atoms. The molecule has 0 atom stereocenters. The van der Waals surface area contributed by atoms with Crippen LogP contribution in [0.4, 0.5) is 5.82 Å². The summed E-state index contributed by atoms with van der Waals surface area (Å²) in [5.41, 5.74) is 1.50. The molecule has 0 spiro atoms. The highest BCUT2D eigenvalue weighted by Crippen LogP contribution is 2.20. The molecule has 0 aliphatic heterocycles. The first-order valence-corrected chi connectivity index (χ1v) is 8.00. The molecule has 0 saturated heterocycles. The van der Waals surface area contributed by atoms with Crippen molar-refractivity contribution in [2.75, 3.05) is 30.9 Å². The van der Waals surface area contributed by atoms with Gasteiger partial charge in [0.2, 0.25) is 0 Å². The molecule has 4 nitrogen and oxygen atoms in total. The second-order valence-electron chi connectivity index (χ2n) is 4.42. The van der Waals surface area contributed by atoms with E-state index >= 15 is 0 Å². The SMILES string of the molecule is CNc1cc(C(=O)NCCCSC)c2ccccc2n1. The van der Waals surface area contributed by atoms with Gasteiger partial charge >= 0.3 is 0 Å². The number of fused-ring (bicyclic) bond motifs is 1. The maximum atomic E-state index is 12.3. The third kappa shape index (κ3) is 3.42. The molecule has 0 aliphatic rings. The molecule has 0 saturated carbocycles. The molecule has 0 unspecified atom stereocenters. The Labute approximate surface area is 123 Å². The molecule has 2 N–H and O–H groups in total. The molecule has 5 heteroatoms. The van der Waals surface area contributed by atoms with E-state index in [1.807, 2.05) is 24.3 Å². The Kier molecular flexibility index (Phi) is 5.24. The van der Waals surface area contributed by atoms with Gasteiger partial charge in [-0.15, -0.1) is 0 Å². The molecule has 2 rings (SSSR count). The van der Waals surface area contributed by atoms with Crippen LogP contribution in [0.25, 0.3) is 10.9 Å². The highest BCUT2D eigenvalue weighted by Gasteiger charge is 2.11. The number of amides is 1. The number of carbonyl (C=O) groups is 1. The number of benzene rings is 1. The van der Waals surface area contributed by atoms with Gasteiger partial charge in [0, 0.05) is 19.0 Å². The van der Waals surface area contributed by atoms with Gasteiger partial charge in [0.05, 0.1) is 11.1 Å². The van der Waals surface area contributed by atoms with E-state index in [9.17, 15) is 4.79 Å². The molecular formula is C15H19N3OS. The first-order chi connectivity index (χ1) is 9.76. The molecule has 0 fully saturated rings. The van der Waals surface area contributed by atoms with Crippen molar-refractivity contribution in [2.45, 2.75) is 6.42 Å². The predicted octanol–water partition coefficient (Wildman–Crippen LogP) is 2.76. The van der Waals surface area contributed by atoms with Gasteiger partial charge in [-0.05, 0) is 30.6 Å². The van der Waals surface area contributed by atoms with E-state index < -0.39 is 0 Å². The highest BCUT2D eigenvalue weighted by atomic mass is 32.2. The Bertz CT molecular complexity index is 601. The van der Waals surface area contributed by atoms with Crippen molar-refractivity contribution in [3.63, 3.8) is 0 Å². The first-order valence-electron chi connectivity index (χ1n) is 6.61. The van der Waals surface area contributed by atoms with Crippen molar-refractivity contribution in [2.24, 2.45) is 0 Å². The largest absolute Gasteiger partial charge is 0.373 e. The Morgan fingerprint density at radius 3 is 2.90 bits per heavy atom. The second kappa shape index (κ2) is 7.14. The Morgan fingerprint density at radius 2 is 2.15 bits per heavy atom. The summed E-state index contributed by atoms with van der Waals surface area (Å²) in [5, 5.41) is 6.85. The lowest BCUT2D eigenvalue weighted by molar-refractivity contribution is 0.0955. The summed E-state index contributed by atoms with van der Waals surface area (Å²) in [6, 6.07) is 9.49. The van der Waals surface area contributed by atoms with Gasteiger partial charge in [-0.3, -0.25) is 4.79 Å². The van der Waals surface area contributed by atoms with Gasteiger partial charge in [0.1, 0.15) is 5.82 Å². The Balaban J connectivity index is 2.25. The monoisotopic (exact) mass is 289 g/mol. The van der Waals surface area contributed by atoms with Crippen molar-refractivity contribution in [3.8, 4) is 0 Å². The van der Waals surface area contributed by atoms with Crippen LogP contribution in [0.2, 0.25) is 0 Å². The van der Waals surface area contributed by atoms with Crippen LogP contribution in [0.1, 0.15) is 16.8 Å². The zero-order valence-electron chi connectivity index (χ0n) is 11.8. The average molecular weight is 289 g/mol. The van der Waals surface area contributed by atoms with Gasteiger partial charge in [0.15, 0.2) is 0 Å². The second-order valence-corrected chi connectivity index (χ2v) is 5.41. The van der Waals surface area contributed by atoms with Crippen LogP contribution < -0.4 is 10.6 Å². The van der Waals surface area contributed by atoms with Gasteiger partial charge in [-0.2, -0.15) is 11.8 Å². The topological polar surface area (TPSA) is 54.0 Å². The molecule has 106 valence electrons. The Hall–Kier alpha value is -1.75. The number of aromatic nitrogens is 1. The van der Waals surface area contributed by atoms with E-state index in [4.69, 9.17) is 0 Å². The minimum absolute atomic E-state index is 0.0406. The van der Waals surface area contributed by atoms with E-state index in [2.05, 4.69) is 21.9 Å². The van der Waals surface area contributed by atoms with Crippen LogP contribution in [0.3, 0.4) is 0 Å². The smallest absolute Gasteiger partial charge is 0.252 e. The van der Waals surface area contributed by atoms with E-state index in [0.717, 1.165) is 23.1 Å². The Morgan fingerprint density at radius 1 is 1.35 bits per heavy atom. The quantitative estimate of drug-likeness (QED) is 0.803. The summed E-state index contributed by atoms with van der Waals surface area (Å²) in [4.78, 5) is 16.8. The minimum Gasteiger partial charge on any atom is -0.373 e. The fourth-order valence-electron chi connectivity index (χ4n) is 2.00. The number of hydrogen-bond acceptors (Lipinski definition) is 4. The van der Waals surface area contributed by atoms with Crippen molar-refractivity contribution in [1.29, 1.82) is 0 Å². The highest BCUT2D eigenvalue weighted by molar-refractivity contribution is 7.98. The van der Waals surface area contributed by atoms with E-state index in [-0.39, 0.29) is 5.91 Å². The summed E-state index contributed by atoms with van der Waals surface area (Å²) < 4.78 is 0. The van der Waals surface area contributed by atoms with Crippen LogP contribution in [0, 0.1) is 0 Å². The summed E-state index contributed by atoms with van der Waals surface area (Å²) >= 11 is 1.79. The molecule has 1 aromatic carbocycles. The standard InChI is InChI=1S/C15H19N3OS/c1-16-14-10-12(15(19)17-8-5-9-20-2)11-6-3-4-7-13(11)18-14/h3-4,6-7,10H,5,8-9H2,1-2H3,(H,16,18)(H,17,19). The molecule has 1 heterocycles. The van der Waals surface area contributed by atoms with Gasteiger partial charge in [0.25, 0.3) is 5.91 Å². The van der Waals surface area contributed by atoms with Crippen LogP contribution >= 0.6 is 11.8 Å². The molecule has 1 aromatic heterocycles. The number of pyridine rings is 1. The molecule has 1 amide bonds. The lowest BCUT2D eigenvalue weighted by Crippen LogP contribution is -2.25. The number of para-hydroxylation sites is 1. The first kappa shape index (κ1) is 14.7. The fourth-order valence-corrected chi connectivity index (χ4v) is 2.44. The third-order valence-electron chi connectivity index (χ3n) is 3.03. The normalized spacial score (nSPS) is 10.5. The summed E-state index contributed by atoms with van der Waals surface area (Å²) in [6.07, 6.45) is 3.05. The molecule has 20 heavy (non-hydrogen) atoms. The summed E-state index contributed by atoms with van der Waals surface area (Å²) in [5.74, 6) is 1.72. The molecule has 2 aromatic rings. The molecule has 0 aliphatic carbocycles. The maximum absolute atomic E-state index is 12.3. The van der Waals surface area contributed by atoms with Crippen LogP contribution in [-0.2, 0) is 0 Å². The predicted molar refractivity (Wildman–Crippen MR) is 86.6 cm³/mol. The number of nitrogens with one attached hydrogen (secondary N) is 2. The van der Waals surface area contributed by atoms with Crippen LogP contribution in [-0.4, -0.2) is 36.5 Å². The number of rotatable bonds is 6. The third-order valence-corrected chi connectivity index (χ3v) is 3.72. The van der Waals surface area contributed by atoms with Gasteiger partial charge < -0.3 is 10.6 Å². The lowest BCUT2D eigenvalue weighted by Gasteiger charge is -2.10. The summed E-state index contributed by atoms with van der Waals surface area (Å²) in [7, 11) is 1.80. The average Bonchev–Trinajstić information content (AvgIpc) is 2.50. The number of anilines is 1. The number of carbonyl (C=O) groups excluding carboxylic acids is 1. The van der Waals surface area contributed by atoms with Gasteiger partial charge in [-0.25, -0.2) is 4.98 Å². The van der Waals surface area contributed by atoms with E-state index in [1.54, 1.807) is 24.9 Å². The van der Waals surface area contributed by atoms with E-state index in [0.29, 0.717) is 17.9 Å². The summed E-state index contributed by atoms with van der Waals surface area (Å²) in [6.45, 7) is 0.700. The lowest BCUT2D eigenvalue weighted by atomic mass is 10.1. The number of thioether (sulfide) groups is 1. The van der Waals surface area contributed by atoms with Crippen molar-refractivity contribution in [1.82, 2.24) is 10.3 Å². The fraction of sp³-hybridized carbons (Fsp3) is 0.333. The zero-order chi connectivity index (χ0) is 14.4. The number of hydrogen-bond donors (Lipinski definition) is 2. The van der Waals surface area contributed by atoms with Crippen molar-refractivity contribution < 1.29 is 4.79 Å². The van der Waals surface area contributed by atoms with Crippen LogP contribution in [0.15, 0.2) is 30.3 Å². The van der Waals surface area contributed by atoms with Crippen molar-refractivity contribution in [3.05, 3.63) is 35.9 Å².